The first-order chi connectivity index (χ1) is 18.7. The van der Waals surface area contributed by atoms with Crippen LogP contribution in [0.15, 0.2) is 72.8 Å². The van der Waals surface area contributed by atoms with Gasteiger partial charge in [-0.05, 0) is 66.8 Å². The number of amides is 1. The van der Waals surface area contributed by atoms with Crippen LogP contribution < -0.4 is 5.06 Å². The monoisotopic (exact) mass is 554 g/mol. The van der Waals surface area contributed by atoms with Crippen LogP contribution in [-0.4, -0.2) is 44.1 Å². The Hall–Kier alpha value is -4.06. The molecule has 39 heavy (non-hydrogen) atoms. The summed E-state index contributed by atoms with van der Waals surface area (Å²) in [7, 11) is 0. The first-order valence-corrected chi connectivity index (χ1v) is 12.7. The highest BCUT2D eigenvalue weighted by molar-refractivity contribution is 6.30. The van der Waals surface area contributed by atoms with Gasteiger partial charge < -0.3 is 10.0 Å². The fourth-order valence-corrected chi connectivity index (χ4v) is 4.94. The number of hydroxylamine groups is 1. The predicted molar refractivity (Wildman–Crippen MR) is 144 cm³/mol. The van der Waals surface area contributed by atoms with Gasteiger partial charge in [0, 0.05) is 42.4 Å². The maximum Gasteiger partial charge on any atom is 0.269 e. The summed E-state index contributed by atoms with van der Waals surface area (Å²) in [5.41, 5.74) is 0.502. The van der Waals surface area contributed by atoms with Crippen LogP contribution in [0.5, 0.6) is 0 Å². The number of likely N-dealkylation sites (tertiary alicyclic amines) is 1. The Bertz CT molecular complexity index is 1310. The molecule has 204 valence electrons. The van der Waals surface area contributed by atoms with Gasteiger partial charge >= 0.3 is 0 Å². The summed E-state index contributed by atoms with van der Waals surface area (Å²) < 4.78 is 0. The molecule has 0 radical (unpaired) electrons. The van der Waals surface area contributed by atoms with E-state index in [1.54, 1.807) is 29.2 Å². The third-order valence-electron chi connectivity index (χ3n) is 6.88. The number of nitro benzene ring substituents is 2. The van der Waals surface area contributed by atoms with Gasteiger partial charge in [0.05, 0.1) is 33.6 Å². The molecule has 0 saturated carbocycles. The third-order valence-corrected chi connectivity index (χ3v) is 7.13. The van der Waals surface area contributed by atoms with Gasteiger partial charge in [-0.15, -0.1) is 0 Å². The van der Waals surface area contributed by atoms with E-state index in [0.29, 0.717) is 23.7 Å². The van der Waals surface area contributed by atoms with Crippen molar-refractivity contribution in [2.24, 2.45) is 5.92 Å². The van der Waals surface area contributed by atoms with Crippen molar-refractivity contribution in [3.05, 3.63) is 109 Å². The van der Waals surface area contributed by atoms with E-state index in [-0.39, 0.29) is 22.6 Å². The van der Waals surface area contributed by atoms with E-state index in [4.69, 9.17) is 11.6 Å². The molecule has 12 heteroatoms. The Balaban J connectivity index is 1.84. The van der Waals surface area contributed by atoms with Crippen molar-refractivity contribution in [2.75, 3.05) is 18.2 Å². The molecule has 3 aromatic rings. The van der Waals surface area contributed by atoms with Gasteiger partial charge in [-0.2, -0.15) is 0 Å². The number of aliphatic hydroxyl groups excluding tert-OH is 1. The highest BCUT2D eigenvalue weighted by atomic mass is 35.5. The maximum atomic E-state index is 14.1. The van der Waals surface area contributed by atoms with E-state index < -0.39 is 33.8 Å². The molecular weight excluding hydrogens is 528 g/mol. The van der Waals surface area contributed by atoms with Gasteiger partial charge in [-0.3, -0.25) is 30.2 Å². The van der Waals surface area contributed by atoms with E-state index in [2.05, 4.69) is 0 Å². The SMILES string of the molecule is O=C([C@@H]([C@@H](O)c1ccc([N+](=O)[O-])cc1)[C@H](c1ccc([N+](=O)[O-])cc1)N(O)c1ccc(Cl)cc1)N1CCCCC1. The number of hydrogen-bond acceptors (Lipinski definition) is 8. The fourth-order valence-electron chi connectivity index (χ4n) is 4.82. The minimum atomic E-state index is -1.48. The predicted octanol–water partition coefficient (Wildman–Crippen LogP) is 5.46. The summed E-state index contributed by atoms with van der Waals surface area (Å²) in [6, 6.07) is 15.6. The number of carbonyl (C=O) groups is 1. The van der Waals surface area contributed by atoms with Crippen LogP contribution in [0.3, 0.4) is 0 Å². The number of rotatable bonds is 9. The summed E-state index contributed by atoms with van der Waals surface area (Å²) in [5.74, 6) is -1.70. The first-order valence-electron chi connectivity index (χ1n) is 12.4. The molecule has 0 spiro atoms. The number of carbonyl (C=O) groups excluding carboxylic acids is 1. The molecule has 0 aromatic heterocycles. The molecule has 2 N–H and O–H groups in total. The molecule has 3 atom stereocenters. The number of nitro groups is 2. The zero-order chi connectivity index (χ0) is 28.1. The maximum absolute atomic E-state index is 14.1. The van der Waals surface area contributed by atoms with Crippen LogP contribution in [-0.2, 0) is 4.79 Å². The Morgan fingerprint density at radius 2 is 1.31 bits per heavy atom. The quantitative estimate of drug-likeness (QED) is 0.261. The highest BCUT2D eigenvalue weighted by Gasteiger charge is 2.42. The molecule has 1 aliphatic rings. The standard InChI is InChI=1S/C27H27ClN4O7/c28-20-8-14-21(15-9-20)30(35)25(18-4-10-22(11-5-18)31(36)37)24(27(34)29-16-2-1-3-17-29)26(33)19-6-12-23(13-7-19)32(38)39/h4-15,24-26,33,35H,1-3,16-17H2/t24-,25+,26+/m1/s1. The Labute approximate surface area is 229 Å². The van der Waals surface area contributed by atoms with Gasteiger partial charge in [0.1, 0.15) is 0 Å². The normalized spacial score (nSPS) is 15.7. The lowest BCUT2D eigenvalue weighted by molar-refractivity contribution is -0.385. The van der Waals surface area contributed by atoms with E-state index in [0.717, 1.165) is 24.3 Å². The van der Waals surface area contributed by atoms with Crippen LogP contribution in [0, 0.1) is 26.1 Å². The molecule has 11 nitrogen and oxygen atoms in total. The average molecular weight is 555 g/mol. The molecular formula is C27H27ClN4O7. The molecule has 1 heterocycles. The van der Waals surface area contributed by atoms with Gasteiger partial charge in [-0.25, -0.2) is 5.06 Å². The Morgan fingerprint density at radius 3 is 1.79 bits per heavy atom. The topological polar surface area (TPSA) is 150 Å². The van der Waals surface area contributed by atoms with Crippen molar-refractivity contribution in [3.8, 4) is 0 Å². The minimum Gasteiger partial charge on any atom is -0.387 e. The number of nitrogens with zero attached hydrogens (tertiary/aromatic N) is 4. The van der Waals surface area contributed by atoms with Crippen molar-refractivity contribution < 1.29 is 25.0 Å². The number of aliphatic hydroxyl groups is 1. The fraction of sp³-hybridized carbons (Fsp3) is 0.296. The van der Waals surface area contributed by atoms with Crippen LogP contribution in [0.1, 0.15) is 42.5 Å². The number of piperidine rings is 1. The molecule has 0 aliphatic carbocycles. The number of non-ortho nitro benzene ring substituents is 2. The first kappa shape index (κ1) is 28.0. The van der Waals surface area contributed by atoms with Crippen LogP contribution in [0.25, 0.3) is 0 Å². The van der Waals surface area contributed by atoms with Gasteiger partial charge in [0.15, 0.2) is 0 Å². The summed E-state index contributed by atoms with van der Waals surface area (Å²) in [5, 5.41) is 46.9. The zero-order valence-corrected chi connectivity index (χ0v) is 21.6. The molecule has 0 bridgehead atoms. The molecule has 3 aromatic carbocycles. The van der Waals surface area contributed by atoms with Gasteiger partial charge in [0.2, 0.25) is 5.91 Å². The summed E-state index contributed by atoms with van der Waals surface area (Å²) in [4.78, 5) is 37.0. The Morgan fingerprint density at radius 1 is 0.821 bits per heavy atom. The lowest BCUT2D eigenvalue weighted by Gasteiger charge is -2.39. The molecule has 0 unspecified atom stereocenters. The van der Waals surface area contributed by atoms with Crippen molar-refractivity contribution in [2.45, 2.75) is 31.4 Å². The van der Waals surface area contributed by atoms with Crippen molar-refractivity contribution >= 4 is 34.6 Å². The van der Waals surface area contributed by atoms with Crippen molar-refractivity contribution in [1.82, 2.24) is 4.90 Å². The Kier molecular flexibility index (Phi) is 8.75. The second-order valence-corrected chi connectivity index (χ2v) is 9.76. The third kappa shape index (κ3) is 6.33. The van der Waals surface area contributed by atoms with E-state index in [1.165, 1.54) is 48.5 Å². The smallest absolute Gasteiger partial charge is 0.269 e. The van der Waals surface area contributed by atoms with Crippen molar-refractivity contribution in [1.29, 1.82) is 0 Å². The molecule has 1 aliphatic heterocycles. The molecule has 1 amide bonds. The van der Waals surface area contributed by atoms with Crippen LogP contribution >= 0.6 is 11.6 Å². The lowest BCUT2D eigenvalue weighted by atomic mass is 9.83. The van der Waals surface area contributed by atoms with E-state index >= 15 is 0 Å². The van der Waals surface area contributed by atoms with Gasteiger partial charge in [-0.1, -0.05) is 23.7 Å². The second-order valence-electron chi connectivity index (χ2n) is 9.32. The number of halogens is 1. The van der Waals surface area contributed by atoms with E-state index in [9.17, 15) is 35.3 Å². The zero-order valence-electron chi connectivity index (χ0n) is 20.8. The average Bonchev–Trinajstić information content (AvgIpc) is 2.96. The lowest BCUT2D eigenvalue weighted by Crippen LogP contribution is -2.47. The van der Waals surface area contributed by atoms with E-state index in [1.807, 2.05) is 0 Å². The molecule has 1 fully saturated rings. The molecule has 1 saturated heterocycles. The molecule has 4 rings (SSSR count). The number of hydrogen-bond donors (Lipinski definition) is 2. The summed E-state index contributed by atoms with van der Waals surface area (Å²) in [6.45, 7) is 0.948. The minimum absolute atomic E-state index is 0.177. The summed E-state index contributed by atoms with van der Waals surface area (Å²) >= 11 is 6.03. The number of benzene rings is 3. The van der Waals surface area contributed by atoms with Crippen molar-refractivity contribution in [3.63, 3.8) is 0 Å². The van der Waals surface area contributed by atoms with Gasteiger partial charge in [0.25, 0.3) is 11.4 Å². The summed E-state index contributed by atoms with van der Waals surface area (Å²) in [6.07, 6.45) is 1.05. The van der Waals surface area contributed by atoms with Crippen LogP contribution in [0.2, 0.25) is 5.02 Å². The largest absolute Gasteiger partial charge is 0.387 e. The van der Waals surface area contributed by atoms with Crippen LogP contribution in [0.4, 0.5) is 17.1 Å². The highest BCUT2D eigenvalue weighted by Crippen LogP contribution is 2.41. The number of anilines is 1. The second kappa shape index (κ2) is 12.2.